The zero-order valence-electron chi connectivity index (χ0n) is 12.6. The average Bonchev–Trinajstić information content (AvgIpc) is 2.50. The van der Waals surface area contributed by atoms with Gasteiger partial charge in [0.25, 0.3) is 0 Å². The molecule has 0 saturated carbocycles. The summed E-state index contributed by atoms with van der Waals surface area (Å²) >= 11 is 0. The maximum atomic E-state index is 12.6. The molecule has 2 rings (SSSR count). The van der Waals surface area contributed by atoms with E-state index in [0.717, 1.165) is 11.3 Å². The van der Waals surface area contributed by atoms with Gasteiger partial charge in [-0.15, -0.1) is 0 Å². The highest BCUT2D eigenvalue weighted by Gasteiger charge is 2.21. The van der Waals surface area contributed by atoms with Crippen LogP contribution in [0.5, 0.6) is 0 Å². The summed E-state index contributed by atoms with van der Waals surface area (Å²) in [4.78, 5) is 14.3. The van der Waals surface area contributed by atoms with Crippen molar-refractivity contribution in [2.24, 2.45) is 5.73 Å². The lowest BCUT2D eigenvalue weighted by atomic mass is 10.1. The molecule has 2 aromatic carbocycles. The van der Waals surface area contributed by atoms with Crippen molar-refractivity contribution < 1.29 is 4.79 Å². The molecule has 2 N–H and O–H groups in total. The molecule has 0 aromatic heterocycles. The third-order valence-electron chi connectivity index (χ3n) is 3.54. The van der Waals surface area contributed by atoms with Crippen LogP contribution in [0, 0.1) is 6.92 Å². The van der Waals surface area contributed by atoms with Crippen molar-refractivity contribution in [2.45, 2.75) is 26.3 Å². The Bertz CT molecular complexity index is 578. The second kappa shape index (κ2) is 7.04. The van der Waals surface area contributed by atoms with E-state index >= 15 is 0 Å². The fourth-order valence-corrected chi connectivity index (χ4v) is 2.35. The van der Waals surface area contributed by atoms with Gasteiger partial charge in [0, 0.05) is 12.2 Å². The molecule has 0 aliphatic heterocycles. The van der Waals surface area contributed by atoms with Crippen molar-refractivity contribution in [3.05, 3.63) is 65.7 Å². The Labute approximate surface area is 126 Å². The predicted molar refractivity (Wildman–Crippen MR) is 87.3 cm³/mol. The maximum absolute atomic E-state index is 12.6. The molecular formula is C18H22N2O. The van der Waals surface area contributed by atoms with E-state index in [0.29, 0.717) is 13.0 Å². The van der Waals surface area contributed by atoms with Crippen LogP contribution in [0.25, 0.3) is 0 Å². The molecule has 1 atom stereocenters. The second-order valence-corrected chi connectivity index (χ2v) is 5.21. The summed E-state index contributed by atoms with van der Waals surface area (Å²) in [6.07, 6.45) is 0.558. The Kier molecular flexibility index (Phi) is 5.12. The van der Waals surface area contributed by atoms with E-state index in [9.17, 15) is 4.79 Å². The maximum Gasteiger partial charge on any atom is 0.244 e. The molecule has 0 aliphatic carbocycles. The Hall–Kier alpha value is -2.13. The minimum absolute atomic E-state index is 0.0368. The fraction of sp³-hybridized carbons (Fsp3) is 0.278. The molecule has 0 bridgehead atoms. The molecule has 1 amide bonds. The smallest absolute Gasteiger partial charge is 0.244 e. The van der Waals surface area contributed by atoms with Crippen molar-refractivity contribution in [3.63, 3.8) is 0 Å². The highest BCUT2D eigenvalue weighted by atomic mass is 16.2. The summed E-state index contributed by atoms with van der Waals surface area (Å²) in [5.74, 6) is -0.0368. The van der Waals surface area contributed by atoms with Crippen molar-refractivity contribution in [2.75, 3.05) is 11.4 Å². The summed E-state index contributed by atoms with van der Waals surface area (Å²) in [6, 6.07) is 17.3. The van der Waals surface area contributed by atoms with Crippen LogP contribution < -0.4 is 10.6 Å². The number of amides is 1. The highest BCUT2D eigenvalue weighted by Crippen LogP contribution is 2.16. The van der Waals surface area contributed by atoms with Crippen LogP contribution in [0.15, 0.2) is 54.6 Å². The number of rotatable bonds is 5. The lowest BCUT2D eigenvalue weighted by molar-refractivity contribution is -0.119. The van der Waals surface area contributed by atoms with Gasteiger partial charge in [-0.2, -0.15) is 0 Å². The van der Waals surface area contributed by atoms with E-state index in [1.807, 2.05) is 68.4 Å². The zero-order valence-corrected chi connectivity index (χ0v) is 12.6. The van der Waals surface area contributed by atoms with Gasteiger partial charge >= 0.3 is 0 Å². The van der Waals surface area contributed by atoms with Gasteiger partial charge in [0.2, 0.25) is 5.91 Å². The number of nitrogens with zero attached hydrogens (tertiary/aromatic N) is 1. The van der Waals surface area contributed by atoms with Gasteiger partial charge in [-0.3, -0.25) is 4.79 Å². The lowest BCUT2D eigenvalue weighted by Gasteiger charge is -2.24. The Morgan fingerprint density at radius 1 is 1.10 bits per heavy atom. The molecule has 0 unspecified atom stereocenters. The van der Waals surface area contributed by atoms with Crippen LogP contribution in [-0.2, 0) is 11.2 Å². The lowest BCUT2D eigenvalue weighted by Crippen LogP contribution is -2.45. The first-order valence-electron chi connectivity index (χ1n) is 7.29. The number of carbonyl (C=O) groups is 1. The Morgan fingerprint density at radius 2 is 1.71 bits per heavy atom. The van der Waals surface area contributed by atoms with Gasteiger partial charge in [-0.1, -0.05) is 48.0 Å². The van der Waals surface area contributed by atoms with Gasteiger partial charge in [0.15, 0.2) is 0 Å². The van der Waals surface area contributed by atoms with E-state index in [2.05, 4.69) is 0 Å². The average molecular weight is 282 g/mol. The number of nitrogens with two attached hydrogens (primary N) is 1. The van der Waals surface area contributed by atoms with E-state index in [4.69, 9.17) is 5.73 Å². The van der Waals surface area contributed by atoms with Crippen LogP contribution in [0.2, 0.25) is 0 Å². The van der Waals surface area contributed by atoms with Gasteiger partial charge < -0.3 is 10.6 Å². The normalized spacial score (nSPS) is 12.0. The van der Waals surface area contributed by atoms with Gasteiger partial charge in [0.05, 0.1) is 6.04 Å². The SMILES string of the molecule is CCN(C(=O)[C@@H](N)Cc1ccccc1)c1ccc(C)cc1. The molecule has 3 heteroatoms. The first-order chi connectivity index (χ1) is 10.1. The molecule has 110 valence electrons. The summed E-state index contributed by atoms with van der Waals surface area (Å²) in [7, 11) is 0. The van der Waals surface area contributed by atoms with Crippen molar-refractivity contribution in [3.8, 4) is 0 Å². The fourth-order valence-electron chi connectivity index (χ4n) is 2.35. The molecule has 3 nitrogen and oxygen atoms in total. The number of hydrogen-bond acceptors (Lipinski definition) is 2. The van der Waals surface area contributed by atoms with Crippen LogP contribution in [0.1, 0.15) is 18.1 Å². The van der Waals surface area contributed by atoms with Crippen molar-refractivity contribution in [1.29, 1.82) is 0 Å². The van der Waals surface area contributed by atoms with E-state index in [-0.39, 0.29) is 5.91 Å². The van der Waals surface area contributed by atoms with Crippen molar-refractivity contribution >= 4 is 11.6 Å². The summed E-state index contributed by atoms with van der Waals surface area (Å²) < 4.78 is 0. The molecule has 0 saturated heterocycles. The minimum Gasteiger partial charge on any atom is -0.320 e. The third-order valence-corrected chi connectivity index (χ3v) is 3.54. The van der Waals surface area contributed by atoms with Gasteiger partial charge in [0.1, 0.15) is 0 Å². The standard InChI is InChI=1S/C18H22N2O/c1-3-20(16-11-9-14(2)10-12-16)18(21)17(19)13-15-7-5-4-6-8-15/h4-12,17H,3,13,19H2,1-2H3/t17-/m0/s1. The summed E-state index contributed by atoms with van der Waals surface area (Å²) in [5.41, 5.74) is 9.26. The molecule has 21 heavy (non-hydrogen) atoms. The topological polar surface area (TPSA) is 46.3 Å². The first-order valence-corrected chi connectivity index (χ1v) is 7.29. The van der Waals surface area contributed by atoms with E-state index in [1.165, 1.54) is 5.56 Å². The van der Waals surface area contributed by atoms with Crippen LogP contribution in [0.4, 0.5) is 5.69 Å². The molecule has 0 spiro atoms. The third kappa shape index (κ3) is 3.92. The molecule has 2 aromatic rings. The zero-order chi connectivity index (χ0) is 15.2. The number of carbonyl (C=O) groups excluding carboxylic acids is 1. The summed E-state index contributed by atoms with van der Waals surface area (Å²) in [6.45, 7) is 4.61. The monoisotopic (exact) mass is 282 g/mol. The summed E-state index contributed by atoms with van der Waals surface area (Å²) in [5, 5.41) is 0. The first kappa shape index (κ1) is 15.3. The van der Waals surface area contributed by atoms with E-state index in [1.54, 1.807) is 4.90 Å². The van der Waals surface area contributed by atoms with Crippen LogP contribution in [-0.4, -0.2) is 18.5 Å². The molecular weight excluding hydrogens is 260 g/mol. The number of aryl methyl sites for hydroxylation is 1. The predicted octanol–water partition coefficient (Wildman–Crippen LogP) is 2.92. The van der Waals surface area contributed by atoms with Gasteiger partial charge in [-0.25, -0.2) is 0 Å². The second-order valence-electron chi connectivity index (χ2n) is 5.21. The molecule has 0 fully saturated rings. The number of benzene rings is 2. The minimum atomic E-state index is -0.520. The largest absolute Gasteiger partial charge is 0.320 e. The number of hydrogen-bond donors (Lipinski definition) is 1. The van der Waals surface area contributed by atoms with Crippen LogP contribution >= 0.6 is 0 Å². The van der Waals surface area contributed by atoms with Crippen LogP contribution in [0.3, 0.4) is 0 Å². The van der Waals surface area contributed by atoms with E-state index < -0.39 is 6.04 Å². The number of likely N-dealkylation sites (N-methyl/N-ethyl adjacent to an activating group) is 1. The van der Waals surface area contributed by atoms with Crippen molar-refractivity contribution in [1.82, 2.24) is 0 Å². The quantitative estimate of drug-likeness (QED) is 0.916. The van der Waals surface area contributed by atoms with Gasteiger partial charge in [-0.05, 0) is 38.0 Å². The Balaban J connectivity index is 2.10. The molecule has 0 heterocycles. The molecule has 0 radical (unpaired) electrons. The number of anilines is 1. The highest BCUT2D eigenvalue weighted by molar-refractivity contribution is 5.97. The Morgan fingerprint density at radius 3 is 2.29 bits per heavy atom. The molecule has 0 aliphatic rings.